The monoisotopic (exact) mass is 250 g/mol. The number of aromatic carboxylic acids is 1. The minimum absolute atomic E-state index is 0.158. The van der Waals surface area contributed by atoms with Crippen molar-refractivity contribution in [1.29, 1.82) is 0 Å². The number of aromatic nitrogens is 2. The molecule has 2 rings (SSSR count). The number of hydrogen-bond donors (Lipinski definition) is 1. The molecule has 2 heterocycles. The van der Waals surface area contributed by atoms with Crippen LogP contribution in [0.4, 0.5) is 0 Å². The van der Waals surface area contributed by atoms with Crippen molar-refractivity contribution in [2.45, 2.75) is 17.8 Å². The molecule has 0 aliphatic rings. The van der Waals surface area contributed by atoms with Crippen LogP contribution in [-0.2, 0) is 5.75 Å². The van der Waals surface area contributed by atoms with Crippen LogP contribution in [-0.4, -0.2) is 21.0 Å². The number of aryl methyl sites for hydroxylation is 1. The SMILES string of the molecule is Cc1cnc(SCc2cc(C(=O)O)co2)nc1. The Morgan fingerprint density at radius 2 is 2.18 bits per heavy atom. The fourth-order valence-electron chi connectivity index (χ4n) is 1.16. The maximum atomic E-state index is 10.6. The first kappa shape index (κ1) is 11.7. The summed E-state index contributed by atoms with van der Waals surface area (Å²) in [5.41, 5.74) is 1.16. The quantitative estimate of drug-likeness (QED) is 0.663. The summed E-state index contributed by atoms with van der Waals surface area (Å²) >= 11 is 1.40. The van der Waals surface area contributed by atoms with Crippen LogP contribution in [0.15, 0.2) is 34.3 Å². The molecule has 1 N–H and O–H groups in total. The highest BCUT2D eigenvalue weighted by molar-refractivity contribution is 7.98. The Balaban J connectivity index is 1.97. The molecule has 5 nitrogen and oxygen atoms in total. The molecule has 0 atom stereocenters. The fraction of sp³-hybridized carbons (Fsp3) is 0.182. The Kier molecular flexibility index (Phi) is 3.43. The number of carbonyl (C=O) groups is 1. The first-order chi connectivity index (χ1) is 8.15. The molecule has 0 unspecified atom stereocenters. The number of carboxylic acid groups (broad SMARTS) is 1. The van der Waals surface area contributed by atoms with E-state index >= 15 is 0 Å². The number of rotatable bonds is 4. The van der Waals surface area contributed by atoms with Crippen molar-refractivity contribution in [3.05, 3.63) is 41.6 Å². The van der Waals surface area contributed by atoms with Crippen LogP contribution in [0.5, 0.6) is 0 Å². The maximum Gasteiger partial charge on any atom is 0.338 e. The minimum Gasteiger partial charge on any atom is -0.478 e. The summed E-state index contributed by atoms with van der Waals surface area (Å²) in [6.45, 7) is 1.92. The van der Waals surface area contributed by atoms with Gasteiger partial charge in [-0.1, -0.05) is 11.8 Å². The van der Waals surface area contributed by atoms with E-state index in [-0.39, 0.29) is 5.56 Å². The van der Waals surface area contributed by atoms with E-state index in [4.69, 9.17) is 9.52 Å². The molecule has 0 aliphatic heterocycles. The zero-order valence-corrected chi connectivity index (χ0v) is 9.90. The van der Waals surface area contributed by atoms with Gasteiger partial charge in [-0.2, -0.15) is 0 Å². The van der Waals surface area contributed by atoms with Gasteiger partial charge in [0.25, 0.3) is 0 Å². The first-order valence-electron chi connectivity index (χ1n) is 4.87. The molecule has 0 fully saturated rings. The number of hydrogen-bond acceptors (Lipinski definition) is 5. The number of thioether (sulfide) groups is 1. The molecular formula is C11H10N2O3S. The van der Waals surface area contributed by atoms with Crippen LogP contribution in [0.3, 0.4) is 0 Å². The lowest BCUT2D eigenvalue weighted by Gasteiger charge is -1.97. The van der Waals surface area contributed by atoms with Crippen molar-refractivity contribution in [3.63, 3.8) is 0 Å². The highest BCUT2D eigenvalue weighted by atomic mass is 32.2. The molecule has 17 heavy (non-hydrogen) atoms. The molecule has 0 radical (unpaired) electrons. The van der Waals surface area contributed by atoms with Crippen molar-refractivity contribution in [2.24, 2.45) is 0 Å². The second kappa shape index (κ2) is 5.01. The normalized spacial score (nSPS) is 10.4. The Bertz CT molecular complexity index is 522. The van der Waals surface area contributed by atoms with Crippen molar-refractivity contribution >= 4 is 17.7 Å². The summed E-state index contributed by atoms with van der Waals surface area (Å²) < 4.78 is 5.11. The Labute approximate surface area is 102 Å². The molecule has 6 heteroatoms. The van der Waals surface area contributed by atoms with Gasteiger partial charge in [0.05, 0.1) is 11.3 Å². The van der Waals surface area contributed by atoms with Crippen molar-refractivity contribution in [3.8, 4) is 0 Å². The standard InChI is InChI=1S/C11H10N2O3S/c1-7-3-12-11(13-4-7)17-6-9-2-8(5-16-9)10(14)15/h2-5H,6H2,1H3,(H,14,15). The molecule has 0 saturated carbocycles. The third-order valence-electron chi connectivity index (χ3n) is 2.00. The van der Waals surface area contributed by atoms with Gasteiger partial charge in [-0.25, -0.2) is 14.8 Å². The van der Waals surface area contributed by atoms with Gasteiger partial charge in [0.2, 0.25) is 0 Å². The molecule has 2 aromatic heterocycles. The predicted molar refractivity (Wildman–Crippen MR) is 62.0 cm³/mol. The minimum atomic E-state index is -0.989. The molecule has 0 aliphatic carbocycles. The smallest absolute Gasteiger partial charge is 0.338 e. The average Bonchev–Trinajstić information content (AvgIpc) is 2.77. The number of nitrogens with zero attached hydrogens (tertiary/aromatic N) is 2. The van der Waals surface area contributed by atoms with Crippen LogP contribution in [0, 0.1) is 6.92 Å². The molecular weight excluding hydrogens is 240 g/mol. The average molecular weight is 250 g/mol. The second-order valence-corrected chi connectivity index (χ2v) is 4.38. The van der Waals surface area contributed by atoms with Gasteiger partial charge in [-0.3, -0.25) is 0 Å². The van der Waals surface area contributed by atoms with Crippen molar-refractivity contribution in [1.82, 2.24) is 9.97 Å². The Morgan fingerprint density at radius 1 is 1.47 bits per heavy atom. The van der Waals surface area contributed by atoms with Crippen LogP contribution in [0.25, 0.3) is 0 Å². The summed E-state index contributed by atoms with van der Waals surface area (Å²) in [5.74, 6) is 0.115. The van der Waals surface area contributed by atoms with E-state index in [9.17, 15) is 4.79 Å². The third kappa shape index (κ3) is 3.07. The summed E-state index contributed by atoms with van der Waals surface area (Å²) in [6.07, 6.45) is 4.70. The summed E-state index contributed by atoms with van der Waals surface area (Å²) in [7, 11) is 0. The van der Waals surface area contributed by atoms with Crippen LogP contribution in [0.1, 0.15) is 21.7 Å². The third-order valence-corrected chi connectivity index (χ3v) is 2.90. The van der Waals surface area contributed by atoms with Gasteiger partial charge in [-0.05, 0) is 18.6 Å². The van der Waals surface area contributed by atoms with Crippen molar-refractivity contribution < 1.29 is 14.3 Å². The number of carboxylic acids is 1. The topological polar surface area (TPSA) is 76.2 Å². The lowest BCUT2D eigenvalue weighted by Crippen LogP contribution is -1.92. The number of furan rings is 1. The molecule has 0 spiro atoms. The lowest BCUT2D eigenvalue weighted by atomic mass is 10.3. The molecule has 0 saturated heterocycles. The first-order valence-corrected chi connectivity index (χ1v) is 5.86. The molecule has 0 aromatic carbocycles. The van der Waals surface area contributed by atoms with Gasteiger partial charge < -0.3 is 9.52 Å². The highest BCUT2D eigenvalue weighted by Crippen LogP contribution is 2.20. The van der Waals surface area contributed by atoms with Gasteiger partial charge in [0, 0.05) is 12.4 Å². The zero-order valence-electron chi connectivity index (χ0n) is 9.08. The van der Waals surface area contributed by atoms with E-state index in [1.807, 2.05) is 6.92 Å². The van der Waals surface area contributed by atoms with Crippen LogP contribution in [0.2, 0.25) is 0 Å². The van der Waals surface area contributed by atoms with Gasteiger partial charge in [0.1, 0.15) is 12.0 Å². The van der Waals surface area contributed by atoms with E-state index in [2.05, 4.69) is 9.97 Å². The summed E-state index contributed by atoms with van der Waals surface area (Å²) in [6, 6.07) is 1.50. The van der Waals surface area contributed by atoms with E-state index in [0.29, 0.717) is 16.7 Å². The maximum absolute atomic E-state index is 10.6. The lowest BCUT2D eigenvalue weighted by molar-refractivity contribution is 0.0696. The largest absolute Gasteiger partial charge is 0.478 e. The van der Waals surface area contributed by atoms with Crippen LogP contribution < -0.4 is 0 Å². The summed E-state index contributed by atoms with van der Waals surface area (Å²) in [4.78, 5) is 18.9. The molecule has 0 bridgehead atoms. The fourth-order valence-corrected chi connectivity index (χ4v) is 1.84. The zero-order chi connectivity index (χ0) is 12.3. The Morgan fingerprint density at radius 3 is 2.76 bits per heavy atom. The molecule has 88 valence electrons. The van der Waals surface area contributed by atoms with E-state index < -0.39 is 5.97 Å². The van der Waals surface area contributed by atoms with E-state index in [0.717, 1.165) is 5.56 Å². The molecule has 2 aromatic rings. The Hall–Kier alpha value is -1.82. The molecule has 0 amide bonds. The van der Waals surface area contributed by atoms with Crippen LogP contribution >= 0.6 is 11.8 Å². The predicted octanol–water partition coefficient (Wildman–Crippen LogP) is 2.37. The second-order valence-electron chi connectivity index (χ2n) is 3.44. The van der Waals surface area contributed by atoms with E-state index in [1.54, 1.807) is 12.4 Å². The van der Waals surface area contributed by atoms with Crippen molar-refractivity contribution in [2.75, 3.05) is 0 Å². The van der Waals surface area contributed by atoms with Gasteiger partial charge in [0.15, 0.2) is 5.16 Å². The van der Waals surface area contributed by atoms with E-state index in [1.165, 1.54) is 24.1 Å². The van der Waals surface area contributed by atoms with Gasteiger partial charge in [-0.15, -0.1) is 0 Å². The summed E-state index contributed by atoms with van der Waals surface area (Å²) in [5, 5.41) is 9.36. The highest BCUT2D eigenvalue weighted by Gasteiger charge is 2.08. The van der Waals surface area contributed by atoms with Gasteiger partial charge >= 0.3 is 5.97 Å².